The second kappa shape index (κ2) is 8.25. The van der Waals surface area contributed by atoms with Crippen molar-refractivity contribution in [1.29, 1.82) is 0 Å². The van der Waals surface area contributed by atoms with Gasteiger partial charge in [0.05, 0.1) is 19.3 Å². The molecule has 1 N–H and O–H groups in total. The Balaban J connectivity index is 1.46. The number of likely N-dealkylation sites (tertiary alicyclic amines) is 1. The Morgan fingerprint density at radius 3 is 2.39 bits per heavy atom. The van der Waals surface area contributed by atoms with Gasteiger partial charge in [-0.3, -0.25) is 9.80 Å². The van der Waals surface area contributed by atoms with Crippen LogP contribution in [0, 0.1) is 5.92 Å². The quantitative estimate of drug-likeness (QED) is 0.902. The second-order valence-corrected chi connectivity index (χ2v) is 6.99. The van der Waals surface area contributed by atoms with Crippen molar-refractivity contribution in [1.82, 2.24) is 9.80 Å². The Morgan fingerprint density at radius 2 is 1.74 bits per heavy atom. The summed E-state index contributed by atoms with van der Waals surface area (Å²) in [6, 6.07) is 10.7. The molecular formula is C19H30N2O2. The van der Waals surface area contributed by atoms with Crippen LogP contribution in [0.1, 0.15) is 31.4 Å². The molecule has 0 aromatic heterocycles. The Bertz CT molecular complexity index is 454. The van der Waals surface area contributed by atoms with Crippen molar-refractivity contribution < 1.29 is 9.84 Å². The standard InChI is InChI=1S/C19H30N2O2/c1-16(15-20-11-13-23-14-12-20)21-9-7-18(8-10-21)19(22)17-5-3-2-4-6-17/h2-6,16,18-19,22H,7-15H2,1H3/t16-,19-/m0/s1. The lowest BCUT2D eigenvalue weighted by atomic mass is 9.87. The zero-order valence-electron chi connectivity index (χ0n) is 14.2. The molecule has 23 heavy (non-hydrogen) atoms. The first kappa shape index (κ1) is 16.9. The summed E-state index contributed by atoms with van der Waals surface area (Å²) >= 11 is 0. The van der Waals surface area contributed by atoms with E-state index in [1.54, 1.807) is 0 Å². The van der Waals surface area contributed by atoms with Crippen LogP contribution < -0.4 is 0 Å². The van der Waals surface area contributed by atoms with Gasteiger partial charge in [0, 0.05) is 25.7 Å². The third-order valence-corrected chi connectivity index (χ3v) is 5.41. The Labute approximate surface area is 140 Å². The molecule has 2 aliphatic rings. The van der Waals surface area contributed by atoms with Crippen LogP contribution in [0.2, 0.25) is 0 Å². The fourth-order valence-corrected chi connectivity index (χ4v) is 3.87. The van der Waals surface area contributed by atoms with Gasteiger partial charge in [-0.15, -0.1) is 0 Å². The van der Waals surface area contributed by atoms with Gasteiger partial charge in [-0.25, -0.2) is 0 Å². The summed E-state index contributed by atoms with van der Waals surface area (Å²) in [5.74, 6) is 0.393. The molecule has 0 bridgehead atoms. The number of rotatable bonds is 5. The van der Waals surface area contributed by atoms with Crippen molar-refractivity contribution in [3.63, 3.8) is 0 Å². The molecule has 4 nitrogen and oxygen atoms in total. The van der Waals surface area contributed by atoms with Gasteiger partial charge in [0.2, 0.25) is 0 Å². The molecule has 4 heteroatoms. The average Bonchev–Trinajstić information content (AvgIpc) is 2.63. The highest BCUT2D eigenvalue weighted by Crippen LogP contribution is 2.31. The molecule has 1 aromatic rings. The minimum absolute atomic E-state index is 0.312. The summed E-state index contributed by atoms with van der Waals surface area (Å²) in [6.07, 6.45) is 1.86. The van der Waals surface area contributed by atoms with Crippen LogP contribution in [0.15, 0.2) is 30.3 Å². The number of nitrogens with zero attached hydrogens (tertiary/aromatic N) is 2. The summed E-state index contributed by atoms with van der Waals surface area (Å²) in [4.78, 5) is 5.10. The zero-order valence-corrected chi connectivity index (χ0v) is 14.2. The van der Waals surface area contributed by atoms with Crippen LogP contribution in [-0.2, 0) is 4.74 Å². The molecule has 1 aromatic carbocycles. The van der Waals surface area contributed by atoms with Crippen molar-refractivity contribution in [2.75, 3.05) is 45.9 Å². The summed E-state index contributed by atoms with van der Waals surface area (Å²) in [6.45, 7) is 9.54. The molecule has 3 rings (SSSR count). The number of ether oxygens (including phenoxy) is 1. The summed E-state index contributed by atoms with van der Waals surface area (Å²) in [7, 11) is 0. The van der Waals surface area contributed by atoms with Gasteiger partial charge >= 0.3 is 0 Å². The highest BCUT2D eigenvalue weighted by Gasteiger charge is 2.28. The third kappa shape index (κ3) is 4.54. The van der Waals surface area contributed by atoms with E-state index in [0.717, 1.165) is 64.3 Å². The number of hydrogen-bond acceptors (Lipinski definition) is 4. The first-order valence-corrected chi connectivity index (χ1v) is 9.01. The Kier molecular flexibility index (Phi) is 6.06. The molecule has 128 valence electrons. The van der Waals surface area contributed by atoms with Crippen molar-refractivity contribution in [3.05, 3.63) is 35.9 Å². The van der Waals surface area contributed by atoms with E-state index in [0.29, 0.717) is 12.0 Å². The van der Waals surface area contributed by atoms with Gasteiger partial charge in [0.25, 0.3) is 0 Å². The number of aliphatic hydroxyl groups is 1. The highest BCUT2D eigenvalue weighted by molar-refractivity contribution is 5.18. The van der Waals surface area contributed by atoms with Gasteiger partial charge in [-0.2, -0.15) is 0 Å². The molecule has 0 aliphatic carbocycles. The van der Waals surface area contributed by atoms with Crippen molar-refractivity contribution in [2.45, 2.75) is 31.9 Å². The Hall–Kier alpha value is -0.940. The van der Waals surface area contributed by atoms with Crippen molar-refractivity contribution in [2.24, 2.45) is 5.92 Å². The monoisotopic (exact) mass is 318 g/mol. The predicted molar refractivity (Wildman–Crippen MR) is 92.4 cm³/mol. The van der Waals surface area contributed by atoms with Gasteiger partial charge in [-0.1, -0.05) is 30.3 Å². The Morgan fingerprint density at radius 1 is 1.09 bits per heavy atom. The summed E-state index contributed by atoms with van der Waals surface area (Å²) < 4.78 is 5.43. The molecule has 2 aliphatic heterocycles. The van der Waals surface area contributed by atoms with Crippen LogP contribution in [0.3, 0.4) is 0 Å². The van der Waals surface area contributed by atoms with E-state index in [2.05, 4.69) is 16.7 Å². The molecule has 0 radical (unpaired) electrons. The van der Waals surface area contributed by atoms with Crippen molar-refractivity contribution >= 4 is 0 Å². The van der Waals surface area contributed by atoms with Crippen LogP contribution in [0.25, 0.3) is 0 Å². The smallest absolute Gasteiger partial charge is 0.0819 e. The van der Waals surface area contributed by atoms with Gasteiger partial charge < -0.3 is 9.84 Å². The second-order valence-electron chi connectivity index (χ2n) is 6.99. The van der Waals surface area contributed by atoms with Crippen molar-refractivity contribution in [3.8, 4) is 0 Å². The van der Waals surface area contributed by atoms with E-state index in [1.807, 2.05) is 30.3 Å². The van der Waals surface area contributed by atoms with Crippen LogP contribution in [0.5, 0.6) is 0 Å². The minimum Gasteiger partial charge on any atom is -0.388 e. The SMILES string of the molecule is C[C@@H](CN1CCOCC1)N1CCC([C@@H](O)c2ccccc2)CC1. The van der Waals surface area contributed by atoms with E-state index in [1.165, 1.54) is 0 Å². The molecule has 0 amide bonds. The first-order chi connectivity index (χ1) is 11.2. The van der Waals surface area contributed by atoms with Gasteiger partial charge in [-0.05, 0) is 44.3 Å². The van der Waals surface area contributed by atoms with E-state index in [-0.39, 0.29) is 6.10 Å². The van der Waals surface area contributed by atoms with Gasteiger partial charge in [0.1, 0.15) is 0 Å². The third-order valence-electron chi connectivity index (χ3n) is 5.41. The maximum atomic E-state index is 10.6. The van der Waals surface area contributed by atoms with Crippen LogP contribution in [0.4, 0.5) is 0 Å². The van der Waals surface area contributed by atoms with E-state index >= 15 is 0 Å². The number of benzene rings is 1. The average molecular weight is 318 g/mol. The number of morpholine rings is 1. The number of hydrogen-bond donors (Lipinski definition) is 1. The van der Waals surface area contributed by atoms with Gasteiger partial charge in [0.15, 0.2) is 0 Å². The van der Waals surface area contributed by atoms with Crippen LogP contribution in [-0.4, -0.2) is 66.9 Å². The lowest BCUT2D eigenvalue weighted by Crippen LogP contribution is -2.48. The van der Waals surface area contributed by atoms with E-state index in [4.69, 9.17) is 4.74 Å². The lowest BCUT2D eigenvalue weighted by molar-refractivity contribution is 0.0114. The normalized spacial score (nSPS) is 24.4. The summed E-state index contributed by atoms with van der Waals surface area (Å²) in [5.41, 5.74) is 1.06. The minimum atomic E-state index is -0.312. The highest BCUT2D eigenvalue weighted by atomic mass is 16.5. The molecule has 2 heterocycles. The first-order valence-electron chi connectivity index (χ1n) is 9.01. The predicted octanol–water partition coefficient (Wildman–Crippen LogP) is 2.15. The van der Waals surface area contributed by atoms with Crippen LogP contribution >= 0.6 is 0 Å². The molecule has 2 atom stereocenters. The molecule has 0 unspecified atom stereocenters. The lowest BCUT2D eigenvalue weighted by Gasteiger charge is -2.40. The summed E-state index contributed by atoms with van der Waals surface area (Å²) in [5, 5.41) is 10.6. The maximum absolute atomic E-state index is 10.6. The number of piperidine rings is 1. The molecule has 0 spiro atoms. The largest absolute Gasteiger partial charge is 0.388 e. The van der Waals surface area contributed by atoms with E-state index in [9.17, 15) is 5.11 Å². The zero-order chi connectivity index (χ0) is 16.1. The fraction of sp³-hybridized carbons (Fsp3) is 0.684. The topological polar surface area (TPSA) is 35.9 Å². The molecule has 0 saturated carbocycles. The number of aliphatic hydroxyl groups excluding tert-OH is 1. The van der Waals surface area contributed by atoms with E-state index < -0.39 is 0 Å². The molecule has 2 fully saturated rings. The maximum Gasteiger partial charge on any atom is 0.0819 e. The molecule has 2 saturated heterocycles. The molecular weight excluding hydrogens is 288 g/mol. The fourth-order valence-electron chi connectivity index (χ4n) is 3.87.